The van der Waals surface area contributed by atoms with Crippen LogP contribution < -0.4 is 19.5 Å². The van der Waals surface area contributed by atoms with Gasteiger partial charge in [-0.15, -0.1) is 0 Å². The lowest BCUT2D eigenvalue weighted by atomic mass is 9.91. The summed E-state index contributed by atoms with van der Waals surface area (Å²) < 4.78 is 42.8. The van der Waals surface area contributed by atoms with E-state index < -0.39 is 56.1 Å². The summed E-state index contributed by atoms with van der Waals surface area (Å²) in [6, 6.07) is 5.16. The largest absolute Gasteiger partial charge is 0.488 e. The number of ether oxygens (including phenoxy) is 2. The van der Waals surface area contributed by atoms with E-state index in [1.54, 1.807) is 32.3 Å². The number of Topliss-reactive ketones (excluding diaryl/α,β-unsaturated/α-hetero) is 1. The lowest BCUT2D eigenvalue weighted by molar-refractivity contribution is -0.140. The number of carbonyl (C=O) groups is 4. The van der Waals surface area contributed by atoms with Gasteiger partial charge in [-0.1, -0.05) is 31.1 Å². The molecular formula is C41H51BrN6O8S. The molecule has 3 fully saturated rings. The van der Waals surface area contributed by atoms with Crippen molar-refractivity contribution in [3.05, 3.63) is 58.3 Å². The van der Waals surface area contributed by atoms with Gasteiger partial charge in [-0.2, -0.15) is 5.10 Å². The number of hydrogen-bond donors (Lipinski definition) is 2. The summed E-state index contributed by atoms with van der Waals surface area (Å²) in [5.41, 5.74) is 0.488. The number of carbonyl (C=O) groups excluding carboxylic acids is 4. The maximum absolute atomic E-state index is 14.7. The molecule has 2 saturated carbocycles. The van der Waals surface area contributed by atoms with E-state index in [0.717, 1.165) is 29.3 Å². The molecule has 3 amide bonds. The first-order chi connectivity index (χ1) is 27.0. The Kier molecular flexibility index (Phi) is 11.3. The highest BCUT2D eigenvalue weighted by molar-refractivity contribution is 9.10. The number of nitrogens with zero attached hydrogens (tertiary/aromatic N) is 4. The topological polar surface area (TPSA) is 179 Å². The second kappa shape index (κ2) is 15.8. The molecule has 2 aromatic heterocycles. The van der Waals surface area contributed by atoms with Crippen LogP contribution in [0.2, 0.25) is 0 Å². The number of nitrogens with one attached hydrogen (secondary N) is 2. The van der Waals surface area contributed by atoms with Crippen molar-refractivity contribution in [1.82, 2.24) is 29.7 Å². The van der Waals surface area contributed by atoms with E-state index in [2.05, 4.69) is 31.1 Å². The van der Waals surface area contributed by atoms with Crippen LogP contribution in [0.1, 0.15) is 101 Å². The van der Waals surface area contributed by atoms with Crippen molar-refractivity contribution in [2.24, 2.45) is 18.4 Å². The second-order valence-electron chi connectivity index (χ2n) is 16.7. The fourth-order valence-corrected chi connectivity index (χ4v) is 9.71. The van der Waals surface area contributed by atoms with Crippen LogP contribution >= 0.6 is 15.9 Å². The maximum Gasteiger partial charge on any atom is 0.272 e. The van der Waals surface area contributed by atoms with Crippen LogP contribution in [0.3, 0.4) is 0 Å². The first-order valence-corrected chi connectivity index (χ1v) is 22.1. The standard InChI is InChI=1S/C41H51BrN6O8S/c1-24(2)55-34-20-33(28-14-13-25(3)35(42)36(28)44-34)56-27-19-31-32(49)22-41(39(52)46-57(53,54)40(4)16-17-40)21-26(41)11-9-7-6-8-10-12-30(38(51)48(31)23-27)43-37(50)29-15-18-47(5)45-29/h9,11,13-15,18,20,24,26-27,30-31H,6-8,10,12,16-17,19,21-23H2,1-5H3,(H,43,50)(H,46,52)/b11-9-/t26-,27-,30+,31+,41-/m1/s1. The van der Waals surface area contributed by atoms with Gasteiger partial charge in [0.05, 0.1) is 34.4 Å². The SMILES string of the molecule is Cc1ccc2c(O[C@@H]3C[C@H]4C(=O)C[C@]5(C(=O)NS(=O)(=O)C6(C)CC6)C[C@H]5/C=C\CCCCC[C@H](NC(=O)c5ccn(C)n5)C(=O)N4C3)cc(OC(C)C)nc2c1Br. The van der Waals surface area contributed by atoms with Gasteiger partial charge in [-0.25, -0.2) is 13.4 Å². The number of benzene rings is 1. The fourth-order valence-electron chi connectivity index (χ4n) is 7.94. The van der Waals surface area contributed by atoms with Gasteiger partial charge in [-0.3, -0.25) is 28.6 Å². The number of hydrogen-bond acceptors (Lipinski definition) is 10. The smallest absolute Gasteiger partial charge is 0.272 e. The quantitative estimate of drug-likeness (QED) is 0.263. The van der Waals surface area contributed by atoms with Gasteiger partial charge in [0.1, 0.15) is 23.6 Å². The van der Waals surface area contributed by atoms with Crippen LogP contribution in [0.25, 0.3) is 10.9 Å². The van der Waals surface area contributed by atoms with Crippen LogP contribution in [-0.2, 0) is 31.5 Å². The molecule has 7 rings (SSSR count). The van der Waals surface area contributed by atoms with Crippen molar-refractivity contribution >= 4 is 60.4 Å². The predicted octanol–water partition coefficient (Wildman–Crippen LogP) is 5.46. The minimum absolute atomic E-state index is 0.0255. The zero-order chi connectivity index (χ0) is 40.9. The van der Waals surface area contributed by atoms with Gasteiger partial charge < -0.3 is 19.7 Å². The third-order valence-electron chi connectivity index (χ3n) is 11.8. The molecule has 2 aliphatic carbocycles. The number of aryl methyl sites for hydroxylation is 2. The van der Waals surface area contributed by atoms with Gasteiger partial charge in [0.2, 0.25) is 27.7 Å². The highest BCUT2D eigenvalue weighted by Gasteiger charge is 2.62. The average Bonchev–Trinajstić information content (AvgIpc) is 3.95. The molecule has 4 aliphatic rings. The van der Waals surface area contributed by atoms with E-state index in [-0.39, 0.29) is 42.9 Å². The summed E-state index contributed by atoms with van der Waals surface area (Å²) in [6.45, 7) is 7.39. The van der Waals surface area contributed by atoms with Crippen molar-refractivity contribution < 1.29 is 37.1 Å². The van der Waals surface area contributed by atoms with E-state index in [1.165, 1.54) is 9.58 Å². The molecule has 3 aromatic rings. The first-order valence-electron chi connectivity index (χ1n) is 19.8. The zero-order valence-corrected chi connectivity index (χ0v) is 35.4. The molecule has 4 heterocycles. The van der Waals surface area contributed by atoms with Crippen molar-refractivity contribution in [1.29, 1.82) is 0 Å². The Hall–Kier alpha value is -4.31. The Labute approximate surface area is 341 Å². The molecular weight excluding hydrogens is 816 g/mol. The number of rotatable bonds is 9. The molecule has 306 valence electrons. The molecule has 0 bridgehead atoms. The van der Waals surface area contributed by atoms with Crippen molar-refractivity contribution in [3.8, 4) is 11.6 Å². The number of aromatic nitrogens is 3. The zero-order valence-electron chi connectivity index (χ0n) is 33.0. The summed E-state index contributed by atoms with van der Waals surface area (Å²) in [6.07, 6.45) is 9.10. The Morgan fingerprint density at radius 1 is 1.11 bits per heavy atom. The maximum atomic E-state index is 14.7. The third-order valence-corrected chi connectivity index (χ3v) is 15.0. The summed E-state index contributed by atoms with van der Waals surface area (Å²) in [4.78, 5) is 63.0. The monoisotopic (exact) mass is 866 g/mol. The van der Waals surface area contributed by atoms with Crippen molar-refractivity contribution in [2.75, 3.05) is 6.54 Å². The van der Waals surface area contributed by atoms with Gasteiger partial charge in [0, 0.05) is 42.0 Å². The average molecular weight is 868 g/mol. The van der Waals surface area contributed by atoms with Crippen molar-refractivity contribution in [2.45, 2.75) is 121 Å². The van der Waals surface area contributed by atoms with Crippen LogP contribution in [0.4, 0.5) is 0 Å². The van der Waals surface area contributed by atoms with Gasteiger partial charge in [0.25, 0.3) is 5.91 Å². The van der Waals surface area contributed by atoms with E-state index in [1.807, 2.05) is 45.1 Å². The molecule has 0 radical (unpaired) electrons. The number of ketones is 1. The van der Waals surface area contributed by atoms with E-state index in [4.69, 9.17) is 14.5 Å². The normalized spacial score (nSPS) is 26.8. The molecule has 0 spiro atoms. The number of halogens is 1. The van der Waals surface area contributed by atoms with Crippen molar-refractivity contribution in [3.63, 3.8) is 0 Å². The summed E-state index contributed by atoms with van der Waals surface area (Å²) in [5, 5.41) is 7.82. The van der Waals surface area contributed by atoms with E-state index >= 15 is 0 Å². The van der Waals surface area contributed by atoms with E-state index in [9.17, 15) is 27.6 Å². The number of allylic oxidation sites excluding steroid dienone is 2. The second-order valence-corrected chi connectivity index (χ2v) is 19.7. The predicted molar refractivity (Wildman–Crippen MR) is 216 cm³/mol. The Morgan fingerprint density at radius 3 is 2.58 bits per heavy atom. The molecule has 5 atom stereocenters. The van der Waals surface area contributed by atoms with Gasteiger partial charge >= 0.3 is 0 Å². The fraction of sp³-hybridized carbons (Fsp3) is 0.561. The molecule has 1 saturated heterocycles. The Bertz CT molecular complexity index is 2240. The number of amides is 3. The molecule has 0 unspecified atom stereocenters. The van der Waals surface area contributed by atoms with Crippen LogP contribution in [0.15, 0.2) is 47.1 Å². The Balaban J connectivity index is 1.23. The van der Waals surface area contributed by atoms with Gasteiger partial charge in [0.15, 0.2) is 5.78 Å². The molecule has 1 aromatic carbocycles. The minimum Gasteiger partial charge on any atom is -0.488 e. The lowest BCUT2D eigenvalue weighted by Gasteiger charge is -2.29. The number of fused-ring (bicyclic) bond motifs is 3. The number of sulfonamides is 1. The van der Waals surface area contributed by atoms with Crippen LogP contribution in [0, 0.1) is 18.3 Å². The van der Waals surface area contributed by atoms with Crippen LogP contribution in [0.5, 0.6) is 11.6 Å². The van der Waals surface area contributed by atoms with Gasteiger partial charge in [-0.05, 0) is 106 Å². The molecule has 2 N–H and O–H groups in total. The highest BCUT2D eigenvalue weighted by Crippen LogP contribution is 2.57. The number of pyridine rings is 1. The molecule has 14 nitrogen and oxygen atoms in total. The summed E-state index contributed by atoms with van der Waals surface area (Å²) in [5.74, 6) is -1.52. The molecule has 2 aliphatic heterocycles. The summed E-state index contributed by atoms with van der Waals surface area (Å²) >= 11 is 3.67. The minimum atomic E-state index is -3.96. The highest BCUT2D eigenvalue weighted by atomic mass is 79.9. The first kappa shape index (κ1) is 40.9. The third kappa shape index (κ3) is 8.48. The molecule has 57 heavy (non-hydrogen) atoms. The van der Waals surface area contributed by atoms with Crippen LogP contribution in [-0.4, -0.2) is 87.2 Å². The Morgan fingerprint density at radius 2 is 1.88 bits per heavy atom. The summed E-state index contributed by atoms with van der Waals surface area (Å²) in [7, 11) is -2.26. The van der Waals surface area contributed by atoms with E-state index in [0.29, 0.717) is 54.6 Å². The lowest BCUT2D eigenvalue weighted by Crippen LogP contribution is -2.52. The molecule has 16 heteroatoms.